The van der Waals surface area contributed by atoms with E-state index in [1.165, 1.54) is 11.8 Å². The van der Waals surface area contributed by atoms with E-state index in [-0.39, 0.29) is 21.6 Å². The molecule has 0 bridgehead atoms. The predicted molar refractivity (Wildman–Crippen MR) is 104 cm³/mol. The van der Waals surface area contributed by atoms with Gasteiger partial charge in [0.2, 0.25) is 5.89 Å². The van der Waals surface area contributed by atoms with Gasteiger partial charge in [-0.25, -0.2) is 0 Å². The van der Waals surface area contributed by atoms with Gasteiger partial charge < -0.3 is 15.6 Å². The van der Waals surface area contributed by atoms with Crippen LogP contribution in [0.25, 0.3) is 0 Å². The molecule has 0 fully saturated rings. The standard InChI is InChI=1S/C17H14Cl2N4O2S/c1-9-21-15(25-23-9)8-26-14-5-3-2-4-11(14)17(24)22-10-6-12(18)16(20)13(19)7-10/h2-7H,8,20H2,1H3,(H,22,24). The van der Waals surface area contributed by atoms with E-state index in [2.05, 4.69) is 15.5 Å². The fraction of sp³-hybridized carbons (Fsp3) is 0.118. The summed E-state index contributed by atoms with van der Waals surface area (Å²) in [6, 6.07) is 10.3. The van der Waals surface area contributed by atoms with Gasteiger partial charge in [-0.3, -0.25) is 4.79 Å². The fourth-order valence-electron chi connectivity index (χ4n) is 2.17. The third-order valence-electron chi connectivity index (χ3n) is 3.39. The van der Waals surface area contributed by atoms with Crippen LogP contribution in [-0.4, -0.2) is 16.0 Å². The highest BCUT2D eigenvalue weighted by atomic mass is 35.5. The number of benzene rings is 2. The summed E-state index contributed by atoms with van der Waals surface area (Å²) in [6.45, 7) is 1.75. The zero-order valence-corrected chi connectivity index (χ0v) is 16.0. The van der Waals surface area contributed by atoms with Crippen molar-refractivity contribution in [2.45, 2.75) is 17.6 Å². The summed E-state index contributed by atoms with van der Waals surface area (Å²) in [5.41, 5.74) is 6.96. The molecule has 0 saturated heterocycles. The third kappa shape index (κ3) is 4.30. The Bertz CT molecular complexity index is 938. The molecule has 1 aromatic heterocycles. The number of amides is 1. The molecule has 0 spiro atoms. The van der Waals surface area contributed by atoms with Crippen LogP contribution in [0, 0.1) is 6.92 Å². The van der Waals surface area contributed by atoms with Crippen molar-refractivity contribution in [1.29, 1.82) is 0 Å². The number of nitrogens with zero attached hydrogens (tertiary/aromatic N) is 2. The highest BCUT2D eigenvalue weighted by molar-refractivity contribution is 7.98. The van der Waals surface area contributed by atoms with E-state index in [0.717, 1.165) is 4.90 Å². The van der Waals surface area contributed by atoms with Crippen molar-refractivity contribution in [3.05, 3.63) is 63.7 Å². The van der Waals surface area contributed by atoms with Gasteiger partial charge in [0.25, 0.3) is 5.91 Å². The molecule has 0 saturated carbocycles. The Balaban J connectivity index is 1.77. The van der Waals surface area contributed by atoms with Crippen molar-refractivity contribution < 1.29 is 9.32 Å². The second-order valence-electron chi connectivity index (χ2n) is 5.33. The summed E-state index contributed by atoms with van der Waals surface area (Å²) in [5.74, 6) is 1.25. The lowest BCUT2D eigenvalue weighted by Crippen LogP contribution is -2.13. The molecule has 3 N–H and O–H groups in total. The lowest BCUT2D eigenvalue weighted by Gasteiger charge is -2.11. The summed E-state index contributed by atoms with van der Waals surface area (Å²) in [5, 5.41) is 7.09. The number of hydrogen-bond donors (Lipinski definition) is 2. The van der Waals surface area contributed by atoms with Gasteiger partial charge in [-0.15, -0.1) is 11.8 Å². The van der Waals surface area contributed by atoms with Gasteiger partial charge in [0.1, 0.15) is 0 Å². The molecule has 3 rings (SSSR count). The van der Waals surface area contributed by atoms with Crippen LogP contribution in [0.5, 0.6) is 0 Å². The van der Waals surface area contributed by atoms with Crippen molar-refractivity contribution in [1.82, 2.24) is 10.1 Å². The Morgan fingerprint density at radius 2 is 1.96 bits per heavy atom. The molecule has 6 nitrogen and oxygen atoms in total. The minimum absolute atomic E-state index is 0.275. The second kappa shape index (κ2) is 7.99. The normalized spacial score (nSPS) is 10.7. The van der Waals surface area contributed by atoms with Crippen molar-refractivity contribution in [2.75, 3.05) is 11.1 Å². The average molecular weight is 409 g/mol. The Labute approximate surface area is 164 Å². The lowest BCUT2D eigenvalue weighted by molar-refractivity contribution is 0.102. The van der Waals surface area contributed by atoms with Crippen LogP contribution in [0.4, 0.5) is 11.4 Å². The number of nitrogen functional groups attached to an aromatic ring is 1. The average Bonchev–Trinajstić information content (AvgIpc) is 3.03. The number of nitrogens with one attached hydrogen (secondary N) is 1. The molecular weight excluding hydrogens is 395 g/mol. The van der Waals surface area contributed by atoms with Crippen LogP contribution >= 0.6 is 35.0 Å². The van der Waals surface area contributed by atoms with E-state index in [9.17, 15) is 4.79 Å². The van der Waals surface area contributed by atoms with Crippen LogP contribution in [0.3, 0.4) is 0 Å². The highest BCUT2D eigenvalue weighted by Gasteiger charge is 2.14. The highest BCUT2D eigenvalue weighted by Crippen LogP contribution is 2.32. The van der Waals surface area contributed by atoms with Crippen LogP contribution in [0.2, 0.25) is 10.0 Å². The molecule has 0 aliphatic carbocycles. The maximum Gasteiger partial charge on any atom is 0.256 e. The molecule has 1 amide bonds. The molecular formula is C17H14Cl2N4O2S. The van der Waals surface area contributed by atoms with Crippen molar-refractivity contribution in [2.24, 2.45) is 0 Å². The van der Waals surface area contributed by atoms with Gasteiger partial charge in [0.05, 0.1) is 27.0 Å². The van der Waals surface area contributed by atoms with E-state index in [4.69, 9.17) is 33.5 Å². The second-order valence-corrected chi connectivity index (χ2v) is 7.16. The first-order valence-electron chi connectivity index (χ1n) is 7.51. The van der Waals surface area contributed by atoms with Gasteiger partial charge in [0, 0.05) is 10.6 Å². The van der Waals surface area contributed by atoms with E-state index in [0.29, 0.717) is 28.7 Å². The van der Waals surface area contributed by atoms with Gasteiger partial charge in [-0.2, -0.15) is 4.98 Å². The molecule has 134 valence electrons. The monoisotopic (exact) mass is 408 g/mol. The Kier molecular flexibility index (Phi) is 5.70. The molecule has 0 unspecified atom stereocenters. The summed E-state index contributed by atoms with van der Waals surface area (Å²) in [4.78, 5) is 17.6. The Morgan fingerprint density at radius 3 is 2.62 bits per heavy atom. The number of nitrogens with two attached hydrogens (primary N) is 1. The van der Waals surface area contributed by atoms with Gasteiger partial charge in [0.15, 0.2) is 5.82 Å². The molecule has 0 aliphatic rings. The molecule has 26 heavy (non-hydrogen) atoms. The van der Waals surface area contributed by atoms with Crippen molar-refractivity contribution >= 4 is 52.2 Å². The van der Waals surface area contributed by atoms with Crippen LogP contribution in [0.15, 0.2) is 45.8 Å². The number of aromatic nitrogens is 2. The van der Waals surface area contributed by atoms with Crippen molar-refractivity contribution in [3.63, 3.8) is 0 Å². The summed E-state index contributed by atoms with van der Waals surface area (Å²) < 4.78 is 5.10. The number of hydrogen-bond acceptors (Lipinski definition) is 6. The minimum atomic E-state index is -0.285. The minimum Gasteiger partial charge on any atom is -0.396 e. The molecule has 3 aromatic rings. The molecule has 0 radical (unpaired) electrons. The number of carbonyl (C=O) groups excluding carboxylic acids is 1. The fourth-order valence-corrected chi connectivity index (χ4v) is 3.55. The zero-order chi connectivity index (χ0) is 18.7. The largest absolute Gasteiger partial charge is 0.396 e. The van der Waals surface area contributed by atoms with Gasteiger partial charge in [-0.05, 0) is 31.2 Å². The number of anilines is 2. The summed E-state index contributed by atoms with van der Waals surface area (Å²) in [7, 11) is 0. The predicted octanol–water partition coefficient (Wildman–Crippen LogP) is 4.81. The summed E-state index contributed by atoms with van der Waals surface area (Å²) in [6.07, 6.45) is 0. The van der Waals surface area contributed by atoms with Crippen LogP contribution in [0.1, 0.15) is 22.1 Å². The zero-order valence-electron chi connectivity index (χ0n) is 13.6. The topological polar surface area (TPSA) is 94.0 Å². The Hall–Kier alpha value is -2.22. The van der Waals surface area contributed by atoms with E-state index < -0.39 is 0 Å². The Morgan fingerprint density at radius 1 is 1.27 bits per heavy atom. The van der Waals surface area contributed by atoms with Crippen molar-refractivity contribution in [3.8, 4) is 0 Å². The van der Waals surface area contributed by atoms with Crippen LogP contribution < -0.4 is 11.1 Å². The first kappa shape index (κ1) is 18.6. The quantitative estimate of drug-likeness (QED) is 0.464. The number of thioether (sulfide) groups is 1. The molecule has 2 aromatic carbocycles. The van der Waals surface area contributed by atoms with E-state index in [1.807, 2.05) is 12.1 Å². The maximum atomic E-state index is 12.7. The number of aryl methyl sites for hydroxylation is 1. The first-order chi connectivity index (χ1) is 12.4. The molecule has 0 atom stereocenters. The van der Waals surface area contributed by atoms with Gasteiger partial charge >= 0.3 is 0 Å². The lowest BCUT2D eigenvalue weighted by atomic mass is 10.2. The van der Waals surface area contributed by atoms with E-state index in [1.54, 1.807) is 31.2 Å². The molecule has 9 heteroatoms. The first-order valence-corrected chi connectivity index (χ1v) is 9.25. The third-order valence-corrected chi connectivity index (χ3v) is 5.07. The molecule has 0 aliphatic heterocycles. The number of rotatable bonds is 5. The number of carbonyl (C=O) groups is 1. The SMILES string of the molecule is Cc1noc(CSc2ccccc2C(=O)Nc2cc(Cl)c(N)c(Cl)c2)n1. The molecule has 1 heterocycles. The maximum absolute atomic E-state index is 12.7. The number of halogens is 2. The van der Waals surface area contributed by atoms with Gasteiger partial charge in [-0.1, -0.05) is 40.5 Å². The smallest absolute Gasteiger partial charge is 0.256 e. The summed E-state index contributed by atoms with van der Waals surface area (Å²) >= 11 is 13.5. The van der Waals surface area contributed by atoms with E-state index >= 15 is 0 Å². The van der Waals surface area contributed by atoms with Crippen LogP contribution in [-0.2, 0) is 5.75 Å².